The van der Waals surface area contributed by atoms with Crippen molar-refractivity contribution in [2.24, 2.45) is 0 Å². The third-order valence-electron chi connectivity index (χ3n) is 3.89. The average molecular weight is 341 g/mol. The Balaban J connectivity index is 1.74. The average Bonchev–Trinajstić information content (AvgIpc) is 2.24. The molecule has 2 N–H and O–H groups in total. The fraction of sp³-hybridized carbons (Fsp3) is 0.625. The van der Waals surface area contributed by atoms with E-state index in [9.17, 15) is 5.11 Å². The Morgan fingerprint density at radius 2 is 2.10 bits per heavy atom. The minimum atomic E-state index is -0.662. The summed E-state index contributed by atoms with van der Waals surface area (Å²) in [7, 11) is 3.97. The molecule has 0 saturated heterocycles. The summed E-state index contributed by atoms with van der Waals surface area (Å²) in [5.74, 6) is 0.656. The Bertz CT molecular complexity index is 442. The molecular formula is C16H25BrN2O. The molecule has 3 nitrogen and oxygen atoms in total. The van der Waals surface area contributed by atoms with E-state index in [0.29, 0.717) is 25.0 Å². The standard InChI is InChI=1S/C16H25BrN2O/c1-16(20,11-19(2)3)10-18-15-8-13(9-15)12-5-4-6-14(17)7-12/h4-7,13,15,18,20H,8-11H2,1-3H3. The third-order valence-corrected chi connectivity index (χ3v) is 4.38. The van der Waals surface area contributed by atoms with Crippen LogP contribution in [0.3, 0.4) is 0 Å². The molecule has 4 heteroatoms. The normalized spacial score (nSPS) is 25.3. The van der Waals surface area contributed by atoms with E-state index in [4.69, 9.17) is 0 Å². The largest absolute Gasteiger partial charge is 0.388 e. The number of likely N-dealkylation sites (N-methyl/N-ethyl adjacent to an activating group) is 1. The molecule has 0 spiro atoms. The first-order valence-electron chi connectivity index (χ1n) is 7.22. The van der Waals surface area contributed by atoms with Gasteiger partial charge in [-0.25, -0.2) is 0 Å². The zero-order chi connectivity index (χ0) is 14.8. The van der Waals surface area contributed by atoms with Gasteiger partial charge in [0.15, 0.2) is 0 Å². The van der Waals surface area contributed by atoms with Crippen molar-refractivity contribution in [1.29, 1.82) is 0 Å². The molecule has 1 saturated carbocycles. The van der Waals surface area contributed by atoms with Crippen molar-refractivity contribution in [3.8, 4) is 0 Å². The van der Waals surface area contributed by atoms with Gasteiger partial charge in [-0.15, -0.1) is 0 Å². The Morgan fingerprint density at radius 3 is 2.70 bits per heavy atom. The van der Waals surface area contributed by atoms with Gasteiger partial charge < -0.3 is 15.3 Å². The summed E-state index contributed by atoms with van der Waals surface area (Å²) < 4.78 is 1.15. The SMILES string of the molecule is CN(C)CC(C)(O)CNC1CC(c2cccc(Br)c2)C1. The van der Waals surface area contributed by atoms with E-state index in [-0.39, 0.29) is 0 Å². The number of aliphatic hydroxyl groups is 1. The fourth-order valence-electron chi connectivity index (χ4n) is 2.92. The summed E-state index contributed by atoms with van der Waals surface area (Å²) in [4.78, 5) is 2.02. The van der Waals surface area contributed by atoms with Gasteiger partial charge in [-0.2, -0.15) is 0 Å². The third kappa shape index (κ3) is 4.55. The summed E-state index contributed by atoms with van der Waals surface area (Å²) in [6.07, 6.45) is 2.32. The molecule has 1 aromatic carbocycles. The van der Waals surface area contributed by atoms with Crippen molar-refractivity contribution in [3.05, 3.63) is 34.3 Å². The van der Waals surface area contributed by atoms with Gasteiger partial charge in [-0.05, 0) is 57.5 Å². The smallest absolute Gasteiger partial charge is 0.0869 e. The number of nitrogens with one attached hydrogen (secondary N) is 1. The lowest BCUT2D eigenvalue weighted by Crippen LogP contribution is -2.50. The molecule has 1 aliphatic carbocycles. The monoisotopic (exact) mass is 340 g/mol. The lowest BCUT2D eigenvalue weighted by atomic mass is 9.76. The quantitative estimate of drug-likeness (QED) is 0.835. The molecule has 0 amide bonds. The molecule has 0 aromatic heterocycles. The molecule has 0 bridgehead atoms. The highest BCUT2D eigenvalue weighted by molar-refractivity contribution is 9.10. The number of benzene rings is 1. The number of halogens is 1. The van der Waals surface area contributed by atoms with Gasteiger partial charge in [0.05, 0.1) is 5.60 Å². The van der Waals surface area contributed by atoms with Crippen LogP contribution in [-0.4, -0.2) is 48.8 Å². The molecular weight excluding hydrogens is 316 g/mol. The second-order valence-electron chi connectivity index (χ2n) is 6.54. The molecule has 1 aliphatic rings. The highest BCUT2D eigenvalue weighted by atomic mass is 79.9. The summed E-state index contributed by atoms with van der Waals surface area (Å²) in [6.45, 7) is 3.23. The summed E-state index contributed by atoms with van der Waals surface area (Å²) in [5.41, 5.74) is 0.752. The van der Waals surface area contributed by atoms with Gasteiger partial charge in [-0.1, -0.05) is 28.1 Å². The van der Waals surface area contributed by atoms with E-state index in [1.165, 1.54) is 5.56 Å². The maximum atomic E-state index is 10.3. The summed E-state index contributed by atoms with van der Waals surface area (Å²) in [5, 5.41) is 13.8. The molecule has 2 rings (SSSR count). The predicted molar refractivity (Wildman–Crippen MR) is 87.1 cm³/mol. The lowest BCUT2D eigenvalue weighted by molar-refractivity contribution is 0.0278. The Morgan fingerprint density at radius 1 is 1.40 bits per heavy atom. The van der Waals surface area contributed by atoms with E-state index in [0.717, 1.165) is 17.3 Å². The van der Waals surface area contributed by atoms with Crippen molar-refractivity contribution >= 4 is 15.9 Å². The maximum absolute atomic E-state index is 10.3. The minimum Gasteiger partial charge on any atom is -0.388 e. The van der Waals surface area contributed by atoms with Crippen LogP contribution >= 0.6 is 15.9 Å². The van der Waals surface area contributed by atoms with Gasteiger partial charge in [0, 0.05) is 23.6 Å². The fourth-order valence-corrected chi connectivity index (χ4v) is 3.34. The van der Waals surface area contributed by atoms with Crippen LogP contribution in [0.4, 0.5) is 0 Å². The minimum absolute atomic E-state index is 0.535. The molecule has 0 heterocycles. The van der Waals surface area contributed by atoms with Gasteiger partial charge in [-0.3, -0.25) is 0 Å². The first kappa shape index (κ1) is 16.0. The number of hydrogen-bond acceptors (Lipinski definition) is 3. The van der Waals surface area contributed by atoms with Crippen LogP contribution in [0.25, 0.3) is 0 Å². The molecule has 112 valence electrons. The van der Waals surface area contributed by atoms with E-state index in [1.54, 1.807) is 0 Å². The maximum Gasteiger partial charge on any atom is 0.0869 e. The van der Waals surface area contributed by atoms with E-state index in [2.05, 4.69) is 45.5 Å². The molecule has 0 radical (unpaired) electrons. The van der Waals surface area contributed by atoms with Crippen LogP contribution in [0.1, 0.15) is 31.2 Å². The summed E-state index contributed by atoms with van der Waals surface area (Å²) >= 11 is 3.53. The van der Waals surface area contributed by atoms with Crippen LogP contribution in [-0.2, 0) is 0 Å². The highest BCUT2D eigenvalue weighted by Gasteiger charge is 2.32. The van der Waals surface area contributed by atoms with Crippen molar-refractivity contribution in [3.63, 3.8) is 0 Å². The second kappa shape index (κ2) is 6.56. The van der Waals surface area contributed by atoms with E-state index in [1.807, 2.05) is 25.9 Å². The Kier molecular flexibility index (Phi) is 5.24. The Hall–Kier alpha value is -0.420. The molecule has 1 fully saturated rings. The van der Waals surface area contributed by atoms with Crippen molar-refractivity contribution < 1.29 is 5.11 Å². The van der Waals surface area contributed by atoms with Crippen LogP contribution in [0, 0.1) is 0 Å². The van der Waals surface area contributed by atoms with Crippen LogP contribution in [0.15, 0.2) is 28.7 Å². The van der Waals surface area contributed by atoms with Crippen LogP contribution in [0.5, 0.6) is 0 Å². The van der Waals surface area contributed by atoms with Gasteiger partial charge in [0.1, 0.15) is 0 Å². The first-order chi connectivity index (χ1) is 9.35. The molecule has 1 unspecified atom stereocenters. The van der Waals surface area contributed by atoms with E-state index >= 15 is 0 Å². The molecule has 20 heavy (non-hydrogen) atoms. The topological polar surface area (TPSA) is 35.5 Å². The molecule has 0 aliphatic heterocycles. The number of rotatable bonds is 6. The lowest BCUT2D eigenvalue weighted by Gasteiger charge is -2.38. The predicted octanol–water partition coefficient (Wildman–Crippen LogP) is 2.60. The summed E-state index contributed by atoms with van der Waals surface area (Å²) in [6, 6.07) is 9.11. The Labute approximate surface area is 130 Å². The van der Waals surface area contributed by atoms with E-state index < -0.39 is 5.60 Å². The number of hydrogen-bond donors (Lipinski definition) is 2. The van der Waals surface area contributed by atoms with Crippen LogP contribution in [0.2, 0.25) is 0 Å². The number of nitrogens with zero attached hydrogens (tertiary/aromatic N) is 1. The van der Waals surface area contributed by atoms with Gasteiger partial charge in [0.2, 0.25) is 0 Å². The van der Waals surface area contributed by atoms with Crippen molar-refractivity contribution in [2.45, 2.75) is 37.3 Å². The van der Waals surface area contributed by atoms with Crippen molar-refractivity contribution in [1.82, 2.24) is 10.2 Å². The zero-order valence-corrected chi connectivity index (χ0v) is 14.2. The first-order valence-corrected chi connectivity index (χ1v) is 8.01. The van der Waals surface area contributed by atoms with Crippen LogP contribution < -0.4 is 5.32 Å². The highest BCUT2D eigenvalue weighted by Crippen LogP contribution is 2.37. The van der Waals surface area contributed by atoms with Gasteiger partial charge in [0.25, 0.3) is 0 Å². The molecule has 1 atom stereocenters. The molecule has 1 aromatic rings. The second-order valence-corrected chi connectivity index (χ2v) is 7.45. The zero-order valence-electron chi connectivity index (χ0n) is 12.6. The van der Waals surface area contributed by atoms with Crippen molar-refractivity contribution in [2.75, 3.05) is 27.2 Å². The van der Waals surface area contributed by atoms with Gasteiger partial charge >= 0.3 is 0 Å².